The van der Waals surface area contributed by atoms with Crippen LogP contribution in [0, 0.1) is 10.1 Å². The van der Waals surface area contributed by atoms with Crippen LogP contribution in [0.15, 0.2) is 12.4 Å². The average Bonchev–Trinajstić information content (AvgIpc) is 2.95. The van der Waals surface area contributed by atoms with Crippen molar-refractivity contribution in [2.45, 2.75) is 31.8 Å². The Balaban J connectivity index is 2.06. The van der Waals surface area contributed by atoms with Crippen LogP contribution in [-0.4, -0.2) is 51.2 Å². The fourth-order valence-electron chi connectivity index (χ4n) is 2.37. The summed E-state index contributed by atoms with van der Waals surface area (Å²) in [6.07, 6.45) is 4.52. The Hall–Kier alpha value is -2.45. The Kier molecular flexibility index (Phi) is 4.51. The molecule has 9 nitrogen and oxygen atoms in total. The van der Waals surface area contributed by atoms with Gasteiger partial charge in [-0.2, -0.15) is 5.10 Å². The Morgan fingerprint density at radius 3 is 2.90 bits per heavy atom. The van der Waals surface area contributed by atoms with Gasteiger partial charge in [-0.05, 0) is 19.3 Å². The van der Waals surface area contributed by atoms with E-state index in [0.29, 0.717) is 13.0 Å². The summed E-state index contributed by atoms with van der Waals surface area (Å²) < 4.78 is 5.91. The van der Waals surface area contributed by atoms with Crippen molar-refractivity contribution in [1.82, 2.24) is 14.7 Å². The zero-order chi connectivity index (χ0) is 15.4. The van der Waals surface area contributed by atoms with Gasteiger partial charge >= 0.3 is 11.7 Å². The number of piperidine rings is 1. The summed E-state index contributed by atoms with van der Waals surface area (Å²) in [6, 6.07) is -0.582. The SMILES string of the molecule is COC(=O)C1CCCCN1C(=O)Cn1cc([N+](=O)[O-])cn1. The molecule has 0 spiro atoms. The highest BCUT2D eigenvalue weighted by Gasteiger charge is 2.32. The Morgan fingerprint density at radius 1 is 1.52 bits per heavy atom. The minimum absolute atomic E-state index is 0.138. The minimum atomic E-state index is -0.582. The lowest BCUT2D eigenvalue weighted by molar-refractivity contribution is -0.385. The Morgan fingerprint density at radius 2 is 2.29 bits per heavy atom. The molecule has 1 fully saturated rings. The summed E-state index contributed by atoms with van der Waals surface area (Å²) in [5.74, 6) is -0.738. The highest BCUT2D eigenvalue weighted by Crippen LogP contribution is 2.19. The van der Waals surface area contributed by atoms with Crippen molar-refractivity contribution in [2.75, 3.05) is 13.7 Å². The van der Waals surface area contributed by atoms with Crippen molar-refractivity contribution in [3.63, 3.8) is 0 Å². The number of aromatic nitrogens is 2. The molecule has 114 valence electrons. The number of methoxy groups -OCH3 is 1. The van der Waals surface area contributed by atoms with E-state index in [1.165, 1.54) is 22.9 Å². The summed E-state index contributed by atoms with van der Waals surface area (Å²) in [6.45, 7) is 0.337. The summed E-state index contributed by atoms with van der Waals surface area (Å²) >= 11 is 0. The molecule has 0 N–H and O–H groups in total. The first kappa shape index (κ1) is 14.9. The molecule has 21 heavy (non-hydrogen) atoms. The van der Waals surface area contributed by atoms with Crippen molar-refractivity contribution >= 4 is 17.6 Å². The van der Waals surface area contributed by atoms with Crippen LogP contribution in [0.25, 0.3) is 0 Å². The maximum absolute atomic E-state index is 12.3. The number of esters is 1. The number of amides is 1. The van der Waals surface area contributed by atoms with Crippen molar-refractivity contribution in [3.05, 3.63) is 22.5 Å². The normalized spacial score (nSPS) is 18.3. The van der Waals surface area contributed by atoms with Gasteiger partial charge in [0.15, 0.2) is 0 Å². The number of nitrogens with zero attached hydrogens (tertiary/aromatic N) is 4. The lowest BCUT2D eigenvalue weighted by Gasteiger charge is -2.33. The molecule has 1 amide bonds. The van der Waals surface area contributed by atoms with Crippen LogP contribution in [0.5, 0.6) is 0 Å². The van der Waals surface area contributed by atoms with Gasteiger partial charge in [0.05, 0.1) is 12.0 Å². The molecule has 0 saturated carbocycles. The molecule has 0 bridgehead atoms. The van der Waals surface area contributed by atoms with E-state index in [1.807, 2.05) is 0 Å². The van der Waals surface area contributed by atoms with E-state index in [0.717, 1.165) is 19.0 Å². The Bertz CT molecular complexity index is 556. The van der Waals surface area contributed by atoms with Gasteiger partial charge in [-0.1, -0.05) is 0 Å². The minimum Gasteiger partial charge on any atom is -0.467 e. The van der Waals surface area contributed by atoms with E-state index in [-0.39, 0.29) is 18.1 Å². The van der Waals surface area contributed by atoms with Gasteiger partial charge in [0.1, 0.15) is 25.0 Å². The molecular formula is C12H16N4O5. The molecule has 0 aromatic carbocycles. The van der Waals surface area contributed by atoms with E-state index in [4.69, 9.17) is 4.74 Å². The van der Waals surface area contributed by atoms with Crippen LogP contribution in [-0.2, 0) is 20.9 Å². The molecule has 2 rings (SSSR count). The molecule has 0 radical (unpaired) electrons. The summed E-state index contributed by atoms with van der Waals surface area (Å²) in [7, 11) is 1.29. The lowest BCUT2D eigenvalue weighted by atomic mass is 10.0. The molecule has 1 atom stereocenters. The van der Waals surface area contributed by atoms with Gasteiger partial charge < -0.3 is 9.64 Å². The smallest absolute Gasteiger partial charge is 0.328 e. The van der Waals surface area contributed by atoms with E-state index in [2.05, 4.69) is 5.10 Å². The molecule has 9 heteroatoms. The van der Waals surface area contributed by atoms with Crippen LogP contribution >= 0.6 is 0 Å². The largest absolute Gasteiger partial charge is 0.467 e. The number of carbonyl (C=O) groups is 2. The second-order valence-corrected chi connectivity index (χ2v) is 4.78. The number of likely N-dealkylation sites (tertiary alicyclic amines) is 1. The fourth-order valence-corrected chi connectivity index (χ4v) is 2.37. The first-order valence-electron chi connectivity index (χ1n) is 6.57. The predicted octanol–water partition coefficient (Wildman–Crippen LogP) is 0.345. The average molecular weight is 296 g/mol. The fraction of sp³-hybridized carbons (Fsp3) is 0.583. The van der Waals surface area contributed by atoms with Gasteiger partial charge in [-0.15, -0.1) is 0 Å². The second-order valence-electron chi connectivity index (χ2n) is 4.78. The highest BCUT2D eigenvalue weighted by molar-refractivity contribution is 5.84. The van der Waals surface area contributed by atoms with Crippen molar-refractivity contribution < 1.29 is 19.2 Å². The maximum Gasteiger partial charge on any atom is 0.328 e. The zero-order valence-electron chi connectivity index (χ0n) is 11.6. The molecule has 2 heterocycles. The van der Waals surface area contributed by atoms with E-state index < -0.39 is 16.9 Å². The van der Waals surface area contributed by atoms with Crippen molar-refractivity contribution in [3.8, 4) is 0 Å². The molecular weight excluding hydrogens is 280 g/mol. The maximum atomic E-state index is 12.3. The summed E-state index contributed by atoms with van der Waals surface area (Å²) in [4.78, 5) is 35.4. The third-order valence-electron chi connectivity index (χ3n) is 3.42. The van der Waals surface area contributed by atoms with E-state index >= 15 is 0 Å². The second kappa shape index (κ2) is 6.33. The van der Waals surface area contributed by atoms with E-state index in [1.54, 1.807) is 0 Å². The first-order valence-corrected chi connectivity index (χ1v) is 6.57. The summed E-state index contributed by atoms with van der Waals surface area (Å²) in [5, 5.41) is 14.4. The highest BCUT2D eigenvalue weighted by atomic mass is 16.6. The predicted molar refractivity (Wildman–Crippen MR) is 70.2 cm³/mol. The van der Waals surface area contributed by atoms with Gasteiger partial charge in [0.25, 0.3) is 0 Å². The molecule has 1 aliphatic heterocycles. The number of carbonyl (C=O) groups excluding carboxylic acids is 2. The number of rotatable bonds is 4. The van der Waals surface area contributed by atoms with E-state index in [9.17, 15) is 19.7 Å². The molecule has 1 aliphatic rings. The molecule has 0 aliphatic carbocycles. The quantitative estimate of drug-likeness (QED) is 0.450. The van der Waals surface area contributed by atoms with Gasteiger partial charge in [0, 0.05) is 6.54 Å². The van der Waals surface area contributed by atoms with Gasteiger partial charge in [0.2, 0.25) is 5.91 Å². The number of nitro groups is 1. The zero-order valence-corrected chi connectivity index (χ0v) is 11.6. The van der Waals surface area contributed by atoms with Crippen LogP contribution in [0.3, 0.4) is 0 Å². The topological polar surface area (TPSA) is 108 Å². The molecule has 1 saturated heterocycles. The van der Waals surface area contributed by atoms with Crippen LogP contribution in [0.4, 0.5) is 5.69 Å². The standard InChI is InChI=1S/C12H16N4O5/c1-21-12(18)10-4-2-3-5-15(10)11(17)8-14-7-9(6-13-14)16(19)20/h6-7,10H,2-5,8H2,1H3. The van der Waals surface area contributed by atoms with Gasteiger partial charge in [-0.3, -0.25) is 19.6 Å². The number of ether oxygens (including phenoxy) is 1. The van der Waals surface area contributed by atoms with Crippen LogP contribution in [0.1, 0.15) is 19.3 Å². The van der Waals surface area contributed by atoms with Gasteiger partial charge in [-0.25, -0.2) is 4.79 Å². The molecule has 1 aromatic rings. The summed E-state index contributed by atoms with van der Waals surface area (Å²) in [5.41, 5.74) is -0.175. The third-order valence-corrected chi connectivity index (χ3v) is 3.42. The Labute approximate surface area is 120 Å². The number of hydrogen-bond acceptors (Lipinski definition) is 6. The van der Waals surface area contributed by atoms with Crippen molar-refractivity contribution in [2.24, 2.45) is 0 Å². The van der Waals surface area contributed by atoms with Crippen LogP contribution < -0.4 is 0 Å². The van der Waals surface area contributed by atoms with Crippen molar-refractivity contribution in [1.29, 1.82) is 0 Å². The van der Waals surface area contributed by atoms with Crippen LogP contribution in [0.2, 0.25) is 0 Å². The lowest BCUT2D eigenvalue weighted by Crippen LogP contribution is -2.49. The number of hydrogen-bond donors (Lipinski definition) is 0. The first-order chi connectivity index (χ1) is 10.0. The monoisotopic (exact) mass is 296 g/mol. The molecule has 1 unspecified atom stereocenters. The molecule has 1 aromatic heterocycles. The third kappa shape index (κ3) is 3.36.